The molecule has 96 valence electrons. The van der Waals surface area contributed by atoms with Gasteiger partial charge in [0.1, 0.15) is 9.84 Å². The van der Waals surface area contributed by atoms with Crippen LogP contribution in [-0.4, -0.2) is 26.2 Å². The van der Waals surface area contributed by atoms with Gasteiger partial charge >= 0.3 is 0 Å². The van der Waals surface area contributed by atoms with Crippen LogP contribution in [0.3, 0.4) is 0 Å². The Bertz CT molecular complexity index is 440. The van der Waals surface area contributed by atoms with Crippen LogP contribution in [-0.2, 0) is 9.84 Å². The van der Waals surface area contributed by atoms with E-state index < -0.39 is 9.84 Å². The molecule has 17 heavy (non-hydrogen) atoms. The van der Waals surface area contributed by atoms with Gasteiger partial charge in [0.2, 0.25) is 0 Å². The van der Waals surface area contributed by atoms with Gasteiger partial charge in [0, 0.05) is 22.9 Å². The van der Waals surface area contributed by atoms with Crippen molar-refractivity contribution in [3.8, 4) is 0 Å². The van der Waals surface area contributed by atoms with Crippen molar-refractivity contribution in [1.82, 2.24) is 0 Å². The zero-order valence-electron chi connectivity index (χ0n) is 10.2. The maximum absolute atomic E-state index is 11.0. The van der Waals surface area contributed by atoms with Crippen molar-refractivity contribution in [1.29, 1.82) is 0 Å². The van der Waals surface area contributed by atoms with Gasteiger partial charge in [-0.25, -0.2) is 8.42 Å². The number of hydrogen-bond donors (Lipinski definition) is 1. The first kappa shape index (κ1) is 14.5. The Labute approximate surface area is 108 Å². The van der Waals surface area contributed by atoms with Gasteiger partial charge < -0.3 is 5.73 Å². The SMILES string of the molecule is CCC(N)c1ccc(SCCS(C)(=O)=O)cc1. The highest BCUT2D eigenvalue weighted by Crippen LogP contribution is 2.21. The summed E-state index contributed by atoms with van der Waals surface area (Å²) in [5.41, 5.74) is 7.04. The highest BCUT2D eigenvalue weighted by Gasteiger charge is 2.04. The van der Waals surface area contributed by atoms with Crippen LogP contribution >= 0.6 is 11.8 Å². The molecule has 1 aromatic carbocycles. The Kier molecular flexibility index (Phi) is 5.49. The maximum Gasteiger partial charge on any atom is 0.148 e. The minimum absolute atomic E-state index is 0.0880. The predicted molar refractivity (Wildman–Crippen MR) is 74.1 cm³/mol. The lowest BCUT2D eigenvalue weighted by atomic mass is 10.1. The number of thioether (sulfide) groups is 1. The molecule has 0 saturated heterocycles. The zero-order valence-corrected chi connectivity index (χ0v) is 11.9. The summed E-state index contributed by atoms with van der Waals surface area (Å²) in [5.74, 6) is 0.811. The average molecular weight is 273 g/mol. The third-order valence-electron chi connectivity index (χ3n) is 2.47. The smallest absolute Gasteiger partial charge is 0.148 e. The van der Waals surface area contributed by atoms with Crippen LogP contribution in [0.1, 0.15) is 24.9 Å². The van der Waals surface area contributed by atoms with E-state index in [0.717, 1.165) is 16.9 Å². The summed E-state index contributed by atoms with van der Waals surface area (Å²) in [6, 6.07) is 8.11. The largest absolute Gasteiger partial charge is 0.324 e. The van der Waals surface area contributed by atoms with Crippen molar-refractivity contribution in [2.24, 2.45) is 5.73 Å². The maximum atomic E-state index is 11.0. The van der Waals surface area contributed by atoms with E-state index in [0.29, 0.717) is 5.75 Å². The van der Waals surface area contributed by atoms with Gasteiger partial charge in [-0.15, -0.1) is 11.8 Å². The first-order valence-corrected chi connectivity index (χ1v) is 8.63. The van der Waals surface area contributed by atoms with Gasteiger partial charge in [0.15, 0.2) is 0 Å². The summed E-state index contributed by atoms with van der Waals surface area (Å²) >= 11 is 1.56. The Hall–Kier alpha value is -0.520. The Morgan fingerprint density at radius 2 is 1.88 bits per heavy atom. The molecule has 0 radical (unpaired) electrons. The highest BCUT2D eigenvalue weighted by atomic mass is 32.2. The fraction of sp³-hybridized carbons (Fsp3) is 0.500. The standard InChI is InChI=1S/C12H19NO2S2/c1-3-12(13)10-4-6-11(7-5-10)16-8-9-17(2,14)15/h4-7,12H,3,8-9,13H2,1-2H3. The average Bonchev–Trinajstić information content (AvgIpc) is 2.27. The van der Waals surface area contributed by atoms with Crippen molar-refractivity contribution in [2.75, 3.05) is 17.8 Å². The fourth-order valence-electron chi connectivity index (χ4n) is 1.36. The third-order valence-corrected chi connectivity index (χ3v) is 4.69. The van der Waals surface area contributed by atoms with Gasteiger partial charge in [-0.3, -0.25) is 0 Å². The van der Waals surface area contributed by atoms with Crippen molar-refractivity contribution >= 4 is 21.6 Å². The second kappa shape index (κ2) is 6.42. The van der Waals surface area contributed by atoms with E-state index in [1.165, 1.54) is 6.26 Å². The van der Waals surface area contributed by atoms with Crippen LogP contribution in [0.4, 0.5) is 0 Å². The van der Waals surface area contributed by atoms with E-state index in [-0.39, 0.29) is 11.8 Å². The van der Waals surface area contributed by atoms with Gasteiger partial charge in [-0.05, 0) is 24.1 Å². The van der Waals surface area contributed by atoms with Crippen molar-refractivity contribution in [3.63, 3.8) is 0 Å². The summed E-state index contributed by atoms with van der Waals surface area (Å²) in [7, 11) is -2.86. The third kappa shape index (κ3) is 5.57. The molecule has 1 unspecified atom stereocenters. The second-order valence-electron chi connectivity index (χ2n) is 4.06. The van der Waals surface area contributed by atoms with Gasteiger partial charge in [0.25, 0.3) is 0 Å². The normalized spacial score (nSPS) is 13.6. The molecule has 3 nitrogen and oxygen atoms in total. The molecule has 0 saturated carbocycles. The van der Waals surface area contributed by atoms with E-state index >= 15 is 0 Å². The minimum Gasteiger partial charge on any atom is -0.324 e. The minimum atomic E-state index is -2.86. The highest BCUT2D eigenvalue weighted by molar-refractivity contribution is 8.00. The molecule has 0 aliphatic carbocycles. The first-order chi connectivity index (χ1) is 7.92. The summed E-state index contributed by atoms with van der Waals surface area (Å²) in [6.07, 6.45) is 2.18. The van der Waals surface area contributed by atoms with Crippen LogP contribution in [0.25, 0.3) is 0 Å². The van der Waals surface area contributed by atoms with Crippen molar-refractivity contribution in [3.05, 3.63) is 29.8 Å². The molecule has 0 spiro atoms. The van der Waals surface area contributed by atoms with E-state index in [1.807, 2.05) is 24.3 Å². The molecule has 1 rings (SSSR count). The number of benzene rings is 1. The van der Waals surface area contributed by atoms with Crippen molar-refractivity contribution in [2.45, 2.75) is 24.3 Å². The van der Waals surface area contributed by atoms with Crippen LogP contribution in [0.5, 0.6) is 0 Å². The number of nitrogens with two attached hydrogens (primary N) is 1. The molecule has 0 aliphatic rings. The molecule has 2 N–H and O–H groups in total. The van der Waals surface area contributed by atoms with E-state index in [4.69, 9.17) is 5.73 Å². The molecule has 1 atom stereocenters. The van der Waals surface area contributed by atoms with E-state index in [2.05, 4.69) is 6.92 Å². The summed E-state index contributed by atoms with van der Waals surface area (Å²) < 4.78 is 21.9. The first-order valence-electron chi connectivity index (χ1n) is 5.58. The Morgan fingerprint density at radius 3 is 2.35 bits per heavy atom. The van der Waals surface area contributed by atoms with E-state index in [9.17, 15) is 8.42 Å². The molecule has 0 aromatic heterocycles. The van der Waals surface area contributed by atoms with Gasteiger partial charge in [0.05, 0.1) is 5.75 Å². The van der Waals surface area contributed by atoms with Gasteiger partial charge in [-0.2, -0.15) is 0 Å². The lowest BCUT2D eigenvalue weighted by Crippen LogP contribution is -2.08. The van der Waals surface area contributed by atoms with Crippen LogP contribution in [0.15, 0.2) is 29.2 Å². The molecule has 0 fully saturated rings. The molecular formula is C12H19NO2S2. The Balaban J connectivity index is 2.51. The summed E-state index contributed by atoms with van der Waals surface area (Å²) in [4.78, 5) is 1.08. The molecule has 0 heterocycles. The monoisotopic (exact) mass is 273 g/mol. The molecule has 0 amide bonds. The van der Waals surface area contributed by atoms with Crippen LogP contribution in [0.2, 0.25) is 0 Å². The zero-order chi connectivity index (χ0) is 12.9. The fourth-order valence-corrected chi connectivity index (χ4v) is 3.47. The molecular weight excluding hydrogens is 254 g/mol. The summed E-state index contributed by atoms with van der Waals surface area (Å²) in [5, 5.41) is 0. The molecule has 5 heteroatoms. The lowest BCUT2D eigenvalue weighted by molar-refractivity contribution is 0.603. The second-order valence-corrected chi connectivity index (χ2v) is 7.49. The van der Waals surface area contributed by atoms with Gasteiger partial charge in [-0.1, -0.05) is 19.1 Å². The predicted octanol–water partition coefficient (Wildman–Crippen LogP) is 2.23. The van der Waals surface area contributed by atoms with Crippen LogP contribution in [0, 0.1) is 0 Å². The van der Waals surface area contributed by atoms with Crippen molar-refractivity contribution < 1.29 is 8.42 Å². The number of rotatable bonds is 6. The lowest BCUT2D eigenvalue weighted by Gasteiger charge is -2.09. The Morgan fingerprint density at radius 1 is 1.29 bits per heavy atom. The number of hydrogen-bond acceptors (Lipinski definition) is 4. The quantitative estimate of drug-likeness (QED) is 0.807. The molecule has 0 bridgehead atoms. The summed E-state index contributed by atoms with van der Waals surface area (Å²) in [6.45, 7) is 2.05. The number of sulfone groups is 1. The molecule has 1 aromatic rings. The topological polar surface area (TPSA) is 60.2 Å². The van der Waals surface area contributed by atoms with E-state index in [1.54, 1.807) is 11.8 Å². The molecule has 0 aliphatic heterocycles. The van der Waals surface area contributed by atoms with Crippen LogP contribution < -0.4 is 5.73 Å².